The minimum absolute atomic E-state index is 0.725. The van der Waals surface area contributed by atoms with E-state index in [2.05, 4.69) is 0 Å². The zero-order chi connectivity index (χ0) is 9.14. The zero-order valence-electron chi connectivity index (χ0n) is 7.72. The van der Waals surface area contributed by atoms with E-state index in [0.29, 0.717) is 0 Å². The predicted molar refractivity (Wildman–Crippen MR) is 53.4 cm³/mol. The number of nitrogen functional groups attached to an aromatic ring is 1. The Morgan fingerprint density at radius 3 is 2.58 bits per heavy atom. The Balaban J connectivity index is 3.19. The van der Waals surface area contributed by atoms with E-state index in [1.165, 1.54) is 0 Å². The number of methoxy groups -OCH3 is 1. The van der Waals surface area contributed by atoms with Crippen LogP contribution in [0.1, 0.15) is 5.56 Å². The Morgan fingerprint density at radius 1 is 1.42 bits per heavy atom. The molecule has 1 rings (SSSR count). The molecule has 12 heavy (non-hydrogen) atoms. The van der Waals surface area contributed by atoms with Gasteiger partial charge in [-0.05, 0) is 18.6 Å². The second-order valence-electron chi connectivity index (χ2n) is 2.74. The van der Waals surface area contributed by atoms with Gasteiger partial charge in [-0.25, -0.2) is 0 Å². The molecule has 63 valence electrons. The first-order chi connectivity index (χ1) is 5.69. The van der Waals surface area contributed by atoms with Gasteiger partial charge in [0.2, 0.25) is 0 Å². The summed E-state index contributed by atoms with van der Waals surface area (Å²) in [5.41, 5.74) is 8.70. The molecule has 1 aromatic carbocycles. The molecule has 0 atom stereocenters. The average molecular weight is 162 g/mol. The summed E-state index contributed by atoms with van der Waals surface area (Å²) in [5.74, 6) is 0.753. The molecule has 0 saturated carbocycles. The summed E-state index contributed by atoms with van der Waals surface area (Å²) in [7, 11) is 3.65. The lowest BCUT2D eigenvalue weighted by molar-refractivity contribution is 0.417. The van der Waals surface area contributed by atoms with Gasteiger partial charge in [-0.1, -0.05) is 18.4 Å². The largest absolute Gasteiger partial charge is 0.495 e. The van der Waals surface area contributed by atoms with Crippen molar-refractivity contribution in [3.8, 4) is 5.75 Å². The number of ether oxygens (including phenoxy) is 1. The third-order valence-electron chi connectivity index (χ3n) is 1.92. The SMILES string of the molecule is C[B]c1cc(C)c(N)c(OC)c1. The van der Waals surface area contributed by atoms with Gasteiger partial charge in [0.05, 0.1) is 12.8 Å². The van der Waals surface area contributed by atoms with Gasteiger partial charge < -0.3 is 10.5 Å². The van der Waals surface area contributed by atoms with Gasteiger partial charge >= 0.3 is 0 Å². The van der Waals surface area contributed by atoms with Gasteiger partial charge in [0, 0.05) is 0 Å². The smallest absolute Gasteiger partial charge is 0.148 e. The van der Waals surface area contributed by atoms with Crippen molar-refractivity contribution >= 4 is 18.4 Å². The van der Waals surface area contributed by atoms with Crippen molar-refractivity contribution in [2.24, 2.45) is 0 Å². The molecule has 0 bridgehead atoms. The summed E-state index contributed by atoms with van der Waals surface area (Å²) in [5, 5.41) is 0. The lowest BCUT2D eigenvalue weighted by Gasteiger charge is -2.09. The van der Waals surface area contributed by atoms with Crippen molar-refractivity contribution in [1.29, 1.82) is 0 Å². The lowest BCUT2D eigenvalue weighted by atomic mass is 9.73. The molecule has 0 saturated heterocycles. The van der Waals surface area contributed by atoms with E-state index in [-0.39, 0.29) is 0 Å². The number of nitrogens with two attached hydrogens (primary N) is 1. The molecule has 2 N–H and O–H groups in total. The van der Waals surface area contributed by atoms with E-state index >= 15 is 0 Å². The summed E-state index contributed by atoms with van der Waals surface area (Å²) < 4.78 is 5.12. The van der Waals surface area contributed by atoms with Crippen LogP contribution >= 0.6 is 0 Å². The molecule has 0 unspecified atom stereocenters. The molecular formula is C9H13BNO. The fourth-order valence-electron chi connectivity index (χ4n) is 1.13. The Morgan fingerprint density at radius 2 is 2.08 bits per heavy atom. The van der Waals surface area contributed by atoms with Crippen LogP contribution in [0, 0.1) is 6.92 Å². The van der Waals surface area contributed by atoms with Crippen LogP contribution in [-0.4, -0.2) is 14.4 Å². The van der Waals surface area contributed by atoms with Gasteiger partial charge in [0.15, 0.2) is 0 Å². The maximum Gasteiger partial charge on any atom is 0.148 e. The minimum Gasteiger partial charge on any atom is -0.495 e. The Kier molecular flexibility index (Phi) is 2.63. The van der Waals surface area contributed by atoms with Crippen LogP contribution in [0.2, 0.25) is 6.82 Å². The van der Waals surface area contributed by atoms with Crippen molar-refractivity contribution in [1.82, 2.24) is 0 Å². The fourth-order valence-corrected chi connectivity index (χ4v) is 1.13. The number of aryl methyl sites for hydroxylation is 1. The molecule has 1 radical (unpaired) electrons. The number of anilines is 1. The highest BCUT2D eigenvalue weighted by molar-refractivity contribution is 6.52. The van der Waals surface area contributed by atoms with E-state index in [9.17, 15) is 0 Å². The van der Waals surface area contributed by atoms with Gasteiger partial charge in [-0.3, -0.25) is 0 Å². The quantitative estimate of drug-likeness (QED) is 0.519. The normalized spacial score (nSPS) is 9.58. The molecule has 0 amide bonds. The first-order valence-corrected chi connectivity index (χ1v) is 3.92. The number of rotatable bonds is 2. The molecule has 3 heteroatoms. The van der Waals surface area contributed by atoms with Gasteiger partial charge in [0.1, 0.15) is 13.0 Å². The maximum atomic E-state index is 5.78. The van der Waals surface area contributed by atoms with Crippen LogP contribution < -0.4 is 15.9 Å². The Hall–Kier alpha value is -1.12. The highest BCUT2D eigenvalue weighted by Crippen LogP contribution is 2.22. The van der Waals surface area contributed by atoms with Crippen LogP contribution in [0.4, 0.5) is 5.69 Å². The van der Waals surface area contributed by atoms with Gasteiger partial charge in [-0.2, -0.15) is 0 Å². The molecule has 1 aromatic rings. The van der Waals surface area contributed by atoms with E-state index in [0.717, 1.165) is 22.5 Å². The van der Waals surface area contributed by atoms with E-state index in [1.807, 2.05) is 33.2 Å². The van der Waals surface area contributed by atoms with Crippen LogP contribution in [0.25, 0.3) is 0 Å². The molecule has 0 fully saturated rings. The summed E-state index contributed by atoms with van der Waals surface area (Å²) >= 11 is 0. The Bertz CT molecular complexity index is 286. The average Bonchev–Trinajstić information content (AvgIpc) is 2.09. The van der Waals surface area contributed by atoms with Crippen molar-refractivity contribution in [3.05, 3.63) is 17.7 Å². The van der Waals surface area contributed by atoms with Gasteiger partial charge in [0.25, 0.3) is 0 Å². The highest BCUT2D eigenvalue weighted by Gasteiger charge is 2.03. The zero-order valence-corrected chi connectivity index (χ0v) is 7.72. The predicted octanol–water partition coefficient (Wildman–Crippen LogP) is 0.963. The second kappa shape index (κ2) is 3.52. The van der Waals surface area contributed by atoms with Crippen LogP contribution in [0.5, 0.6) is 5.75 Å². The monoisotopic (exact) mass is 162 g/mol. The number of hydrogen-bond acceptors (Lipinski definition) is 2. The fraction of sp³-hybridized carbons (Fsp3) is 0.333. The topological polar surface area (TPSA) is 35.2 Å². The number of hydrogen-bond donors (Lipinski definition) is 1. The standard InChI is InChI=1S/C9H13BNO/c1-6-4-7(10-2)5-8(12-3)9(6)11/h4-5H,11H2,1-3H3. The molecule has 0 aliphatic heterocycles. The van der Waals surface area contributed by atoms with Crippen molar-refractivity contribution < 1.29 is 4.74 Å². The third-order valence-corrected chi connectivity index (χ3v) is 1.92. The summed E-state index contributed by atoms with van der Waals surface area (Å²) in [6.07, 6.45) is 0. The first-order valence-electron chi connectivity index (χ1n) is 3.92. The van der Waals surface area contributed by atoms with E-state index < -0.39 is 0 Å². The lowest BCUT2D eigenvalue weighted by Crippen LogP contribution is -2.12. The molecule has 0 aliphatic carbocycles. The van der Waals surface area contributed by atoms with E-state index in [4.69, 9.17) is 10.5 Å². The van der Waals surface area contributed by atoms with E-state index in [1.54, 1.807) is 7.11 Å². The summed E-state index contributed by atoms with van der Waals surface area (Å²) in [6.45, 7) is 3.97. The molecule has 0 heterocycles. The van der Waals surface area contributed by atoms with Gasteiger partial charge in [-0.15, -0.1) is 0 Å². The van der Waals surface area contributed by atoms with Crippen LogP contribution in [-0.2, 0) is 0 Å². The number of benzene rings is 1. The molecule has 0 aromatic heterocycles. The Labute approximate surface area is 74.0 Å². The van der Waals surface area contributed by atoms with Crippen molar-refractivity contribution in [3.63, 3.8) is 0 Å². The summed E-state index contributed by atoms with van der Waals surface area (Å²) in [4.78, 5) is 0. The molecule has 0 aliphatic rings. The maximum absolute atomic E-state index is 5.78. The molecule has 2 nitrogen and oxygen atoms in total. The minimum atomic E-state index is 0.725. The second-order valence-corrected chi connectivity index (χ2v) is 2.74. The van der Waals surface area contributed by atoms with Crippen LogP contribution in [0.15, 0.2) is 12.1 Å². The summed E-state index contributed by atoms with van der Waals surface area (Å²) in [6, 6.07) is 3.97. The van der Waals surface area contributed by atoms with Crippen molar-refractivity contribution in [2.75, 3.05) is 12.8 Å². The third kappa shape index (κ3) is 1.55. The molecule has 0 spiro atoms. The first kappa shape index (κ1) is 8.98. The van der Waals surface area contributed by atoms with Crippen LogP contribution in [0.3, 0.4) is 0 Å². The highest BCUT2D eigenvalue weighted by atomic mass is 16.5. The van der Waals surface area contributed by atoms with Crippen molar-refractivity contribution in [2.45, 2.75) is 13.7 Å². The molecular weight excluding hydrogens is 149 g/mol.